The summed E-state index contributed by atoms with van der Waals surface area (Å²) in [5, 5.41) is 2.59. The van der Waals surface area contributed by atoms with Gasteiger partial charge in [0, 0.05) is 13.7 Å². The van der Waals surface area contributed by atoms with Gasteiger partial charge in [0.2, 0.25) is 5.91 Å². The maximum Gasteiger partial charge on any atom is 0.225 e. The first-order chi connectivity index (χ1) is 5.76. The van der Waals surface area contributed by atoms with Gasteiger partial charge in [0.1, 0.15) is 0 Å². The summed E-state index contributed by atoms with van der Waals surface area (Å²) in [6, 6.07) is 0. The Morgan fingerprint density at radius 3 is 2.67 bits per heavy atom. The molecule has 1 N–H and O–H groups in total. The van der Waals surface area contributed by atoms with Crippen LogP contribution in [0.3, 0.4) is 0 Å². The SMILES string of the molecule is C=CC.CNC(=O)[C@@H]1CCOC1. The van der Waals surface area contributed by atoms with Gasteiger partial charge in [-0.05, 0) is 13.3 Å². The van der Waals surface area contributed by atoms with Crippen molar-refractivity contribution in [3.8, 4) is 0 Å². The fraction of sp³-hybridized carbons (Fsp3) is 0.667. The van der Waals surface area contributed by atoms with Crippen molar-refractivity contribution in [2.45, 2.75) is 13.3 Å². The van der Waals surface area contributed by atoms with Crippen molar-refractivity contribution in [3.63, 3.8) is 0 Å². The Labute approximate surface area is 73.8 Å². The van der Waals surface area contributed by atoms with E-state index in [2.05, 4.69) is 11.9 Å². The molecule has 1 atom stereocenters. The van der Waals surface area contributed by atoms with E-state index in [1.807, 2.05) is 6.92 Å². The number of amides is 1. The molecule has 70 valence electrons. The number of carbonyl (C=O) groups excluding carboxylic acids is 1. The van der Waals surface area contributed by atoms with Crippen LogP contribution in [-0.2, 0) is 9.53 Å². The summed E-state index contributed by atoms with van der Waals surface area (Å²) in [7, 11) is 1.65. The van der Waals surface area contributed by atoms with Crippen LogP contribution < -0.4 is 5.32 Å². The second kappa shape index (κ2) is 6.85. The maximum atomic E-state index is 10.8. The molecule has 3 heteroatoms. The second-order valence-corrected chi connectivity index (χ2v) is 2.58. The molecular formula is C9H17NO2. The molecule has 0 aromatic heterocycles. The number of hydrogen-bond acceptors (Lipinski definition) is 2. The van der Waals surface area contributed by atoms with Crippen molar-refractivity contribution < 1.29 is 9.53 Å². The van der Waals surface area contributed by atoms with Crippen LogP contribution in [0.25, 0.3) is 0 Å². The van der Waals surface area contributed by atoms with Crippen molar-refractivity contribution in [3.05, 3.63) is 12.7 Å². The Morgan fingerprint density at radius 1 is 1.75 bits per heavy atom. The van der Waals surface area contributed by atoms with Crippen molar-refractivity contribution in [1.29, 1.82) is 0 Å². The molecule has 1 saturated heterocycles. The smallest absolute Gasteiger partial charge is 0.225 e. The van der Waals surface area contributed by atoms with Crippen LogP contribution in [-0.4, -0.2) is 26.2 Å². The van der Waals surface area contributed by atoms with Gasteiger partial charge in [-0.2, -0.15) is 0 Å². The highest BCUT2D eigenvalue weighted by Gasteiger charge is 2.21. The Hall–Kier alpha value is -0.830. The van der Waals surface area contributed by atoms with E-state index in [0.29, 0.717) is 6.61 Å². The highest BCUT2D eigenvalue weighted by molar-refractivity contribution is 5.78. The van der Waals surface area contributed by atoms with Crippen molar-refractivity contribution in [2.75, 3.05) is 20.3 Å². The number of carbonyl (C=O) groups is 1. The first kappa shape index (κ1) is 11.2. The molecule has 0 saturated carbocycles. The molecule has 0 aromatic carbocycles. The van der Waals surface area contributed by atoms with Crippen LogP contribution in [0.4, 0.5) is 0 Å². The van der Waals surface area contributed by atoms with Gasteiger partial charge in [-0.25, -0.2) is 0 Å². The lowest BCUT2D eigenvalue weighted by Crippen LogP contribution is -2.27. The van der Waals surface area contributed by atoms with E-state index in [0.717, 1.165) is 13.0 Å². The normalized spacial score (nSPS) is 20.7. The minimum absolute atomic E-state index is 0.104. The quantitative estimate of drug-likeness (QED) is 0.597. The number of ether oxygens (including phenoxy) is 1. The molecule has 12 heavy (non-hydrogen) atoms. The largest absolute Gasteiger partial charge is 0.381 e. The first-order valence-corrected chi connectivity index (χ1v) is 4.12. The molecule has 1 aliphatic heterocycles. The van der Waals surface area contributed by atoms with Crippen molar-refractivity contribution >= 4 is 5.91 Å². The van der Waals surface area contributed by atoms with Gasteiger partial charge in [-0.15, -0.1) is 6.58 Å². The Kier molecular flexibility index (Phi) is 6.38. The summed E-state index contributed by atoms with van der Waals surface area (Å²) in [5.74, 6) is 0.211. The summed E-state index contributed by atoms with van der Waals surface area (Å²) < 4.78 is 5.02. The van der Waals surface area contributed by atoms with Crippen LogP contribution in [0, 0.1) is 5.92 Å². The molecule has 0 spiro atoms. The standard InChI is InChI=1S/C6H11NO2.C3H6/c1-7-6(8)5-2-3-9-4-5;1-3-2/h5H,2-4H2,1H3,(H,7,8);3H,1H2,2H3/t5-;/m1./s1. The van der Waals surface area contributed by atoms with Crippen LogP contribution in [0.2, 0.25) is 0 Å². The fourth-order valence-corrected chi connectivity index (χ4v) is 0.945. The van der Waals surface area contributed by atoms with Gasteiger partial charge in [-0.1, -0.05) is 6.08 Å². The number of allylic oxidation sites excluding steroid dienone is 1. The lowest BCUT2D eigenvalue weighted by molar-refractivity contribution is -0.124. The van der Waals surface area contributed by atoms with E-state index in [1.54, 1.807) is 13.1 Å². The highest BCUT2D eigenvalue weighted by Crippen LogP contribution is 2.11. The van der Waals surface area contributed by atoms with E-state index in [4.69, 9.17) is 4.74 Å². The summed E-state index contributed by atoms with van der Waals surface area (Å²) in [5.41, 5.74) is 0. The van der Waals surface area contributed by atoms with E-state index in [9.17, 15) is 4.79 Å². The number of nitrogens with one attached hydrogen (secondary N) is 1. The van der Waals surface area contributed by atoms with Gasteiger partial charge in [-0.3, -0.25) is 4.79 Å². The Bertz CT molecular complexity index is 139. The van der Waals surface area contributed by atoms with E-state index >= 15 is 0 Å². The van der Waals surface area contributed by atoms with Crippen LogP contribution >= 0.6 is 0 Å². The topological polar surface area (TPSA) is 38.3 Å². The minimum atomic E-state index is 0.104. The average molecular weight is 171 g/mol. The molecule has 1 heterocycles. The summed E-state index contributed by atoms with van der Waals surface area (Å²) in [6.07, 6.45) is 2.62. The first-order valence-electron chi connectivity index (χ1n) is 4.12. The zero-order chi connectivity index (χ0) is 9.40. The Morgan fingerprint density at radius 2 is 2.33 bits per heavy atom. The predicted octanol–water partition coefficient (Wildman–Crippen LogP) is 0.961. The minimum Gasteiger partial charge on any atom is -0.381 e. The maximum absolute atomic E-state index is 10.8. The van der Waals surface area contributed by atoms with E-state index in [-0.39, 0.29) is 11.8 Å². The molecule has 1 rings (SSSR count). The van der Waals surface area contributed by atoms with Crippen LogP contribution in [0.15, 0.2) is 12.7 Å². The van der Waals surface area contributed by atoms with Gasteiger partial charge in [0.05, 0.1) is 12.5 Å². The zero-order valence-corrected chi connectivity index (χ0v) is 7.80. The number of hydrogen-bond donors (Lipinski definition) is 1. The highest BCUT2D eigenvalue weighted by atomic mass is 16.5. The average Bonchev–Trinajstić information content (AvgIpc) is 2.56. The predicted molar refractivity (Wildman–Crippen MR) is 48.9 cm³/mol. The second-order valence-electron chi connectivity index (χ2n) is 2.58. The molecule has 3 nitrogen and oxygen atoms in total. The molecule has 0 bridgehead atoms. The lowest BCUT2D eigenvalue weighted by atomic mass is 10.1. The van der Waals surface area contributed by atoms with E-state index < -0.39 is 0 Å². The van der Waals surface area contributed by atoms with Gasteiger partial charge in [0.25, 0.3) is 0 Å². The summed E-state index contributed by atoms with van der Waals surface area (Å²) in [6.45, 7) is 6.58. The van der Waals surface area contributed by atoms with Gasteiger partial charge < -0.3 is 10.1 Å². The molecule has 1 fully saturated rings. The summed E-state index contributed by atoms with van der Waals surface area (Å²) in [4.78, 5) is 10.8. The van der Waals surface area contributed by atoms with Gasteiger partial charge >= 0.3 is 0 Å². The third-order valence-corrected chi connectivity index (χ3v) is 1.55. The van der Waals surface area contributed by atoms with Crippen molar-refractivity contribution in [2.24, 2.45) is 5.92 Å². The molecule has 1 amide bonds. The lowest BCUT2D eigenvalue weighted by Gasteiger charge is -2.02. The molecule has 0 aliphatic carbocycles. The summed E-state index contributed by atoms with van der Waals surface area (Å²) >= 11 is 0. The fourth-order valence-electron chi connectivity index (χ4n) is 0.945. The Balaban J connectivity index is 0.000000354. The van der Waals surface area contributed by atoms with Crippen molar-refractivity contribution in [1.82, 2.24) is 5.32 Å². The van der Waals surface area contributed by atoms with Crippen LogP contribution in [0.1, 0.15) is 13.3 Å². The number of rotatable bonds is 1. The molecule has 0 unspecified atom stereocenters. The van der Waals surface area contributed by atoms with Gasteiger partial charge in [0.15, 0.2) is 0 Å². The molecule has 1 aliphatic rings. The third-order valence-electron chi connectivity index (χ3n) is 1.55. The van der Waals surface area contributed by atoms with E-state index in [1.165, 1.54) is 0 Å². The molecule has 0 radical (unpaired) electrons. The monoisotopic (exact) mass is 171 g/mol. The molecule has 0 aromatic rings. The third kappa shape index (κ3) is 4.13. The zero-order valence-electron chi connectivity index (χ0n) is 7.80. The van der Waals surface area contributed by atoms with Crippen LogP contribution in [0.5, 0.6) is 0 Å². The molecular weight excluding hydrogens is 154 g/mol.